The molecule has 8 unspecified atom stereocenters. The number of rotatable bonds is 0. The highest BCUT2D eigenvalue weighted by molar-refractivity contribution is 5.34. The first kappa shape index (κ1) is 15.6. The van der Waals surface area contributed by atoms with Crippen LogP contribution in [-0.4, -0.2) is 42.4 Å². The second-order valence-electron chi connectivity index (χ2n) is 9.90. The van der Waals surface area contributed by atoms with E-state index in [1.165, 1.54) is 24.8 Å². The normalized spacial score (nSPS) is 58.1. The van der Waals surface area contributed by atoms with Crippen LogP contribution in [0.3, 0.4) is 0 Å². The Morgan fingerprint density at radius 3 is 2.56 bits per heavy atom. The Bertz CT molecular complexity index is 638. The predicted molar refractivity (Wildman–Crippen MR) is 91.8 cm³/mol. The molecule has 8 atom stereocenters. The minimum absolute atomic E-state index is 0.0423. The second-order valence-corrected chi connectivity index (χ2v) is 9.90. The maximum Gasteiger partial charge on any atom is 0.174 e. The fourth-order valence-corrected chi connectivity index (χ4v) is 7.83. The lowest BCUT2D eigenvalue weighted by molar-refractivity contribution is -0.245. The van der Waals surface area contributed by atoms with Gasteiger partial charge in [0.15, 0.2) is 5.79 Å². The quantitative estimate of drug-likeness (QED) is 0.541. The summed E-state index contributed by atoms with van der Waals surface area (Å²) in [6, 6.07) is 0. The van der Waals surface area contributed by atoms with Crippen molar-refractivity contribution in [2.45, 2.75) is 76.5 Å². The molecule has 0 aromatic rings. The fourth-order valence-electron chi connectivity index (χ4n) is 7.83. The molecule has 0 aromatic carbocycles. The third kappa shape index (κ3) is 1.73. The van der Waals surface area contributed by atoms with Crippen LogP contribution in [0.4, 0.5) is 0 Å². The van der Waals surface area contributed by atoms with E-state index in [2.05, 4.69) is 19.9 Å². The van der Waals surface area contributed by atoms with Crippen LogP contribution in [0.25, 0.3) is 0 Å². The molecule has 0 radical (unpaired) electrons. The van der Waals surface area contributed by atoms with E-state index in [1.54, 1.807) is 0 Å². The van der Waals surface area contributed by atoms with Gasteiger partial charge in [0.05, 0.1) is 25.4 Å². The summed E-state index contributed by atoms with van der Waals surface area (Å²) in [6.45, 7) is 6.28. The van der Waals surface area contributed by atoms with Crippen molar-refractivity contribution < 1.29 is 19.3 Å². The molecular formula is C21H30O4. The van der Waals surface area contributed by atoms with Crippen LogP contribution in [-0.2, 0) is 14.2 Å². The highest BCUT2D eigenvalue weighted by Gasteiger charge is 2.69. The van der Waals surface area contributed by atoms with Crippen LogP contribution in [0.15, 0.2) is 11.6 Å². The van der Waals surface area contributed by atoms with Crippen molar-refractivity contribution >= 4 is 0 Å². The molecule has 1 spiro atoms. The van der Waals surface area contributed by atoms with E-state index in [0.717, 1.165) is 32.5 Å². The number of aliphatic hydroxyl groups is 1. The minimum Gasteiger partial charge on any atom is -0.389 e. The molecule has 2 saturated heterocycles. The molecule has 4 heteroatoms. The van der Waals surface area contributed by atoms with E-state index in [4.69, 9.17) is 14.2 Å². The largest absolute Gasteiger partial charge is 0.389 e. The van der Waals surface area contributed by atoms with Gasteiger partial charge in [0, 0.05) is 11.8 Å². The summed E-state index contributed by atoms with van der Waals surface area (Å²) in [7, 11) is 0. The average molecular weight is 346 g/mol. The van der Waals surface area contributed by atoms with Crippen molar-refractivity contribution in [2.24, 2.45) is 28.6 Å². The van der Waals surface area contributed by atoms with Gasteiger partial charge in [0.1, 0.15) is 6.10 Å². The summed E-state index contributed by atoms with van der Waals surface area (Å²) < 4.78 is 18.3. The fraction of sp³-hybridized carbons (Fsp3) is 0.905. The van der Waals surface area contributed by atoms with Crippen LogP contribution in [0.5, 0.6) is 0 Å². The third-order valence-electron chi connectivity index (χ3n) is 9.19. The highest BCUT2D eigenvalue weighted by atomic mass is 16.7. The van der Waals surface area contributed by atoms with Crippen molar-refractivity contribution in [2.75, 3.05) is 13.2 Å². The summed E-state index contributed by atoms with van der Waals surface area (Å²) in [4.78, 5) is 0. The number of ether oxygens (including phenoxy) is 3. The number of fused-ring (bicyclic) bond motifs is 8. The minimum atomic E-state index is -0.384. The lowest BCUT2D eigenvalue weighted by atomic mass is 9.47. The molecule has 6 aliphatic rings. The van der Waals surface area contributed by atoms with Crippen LogP contribution in [0.2, 0.25) is 0 Å². The molecule has 25 heavy (non-hydrogen) atoms. The Balaban J connectivity index is 1.41. The molecule has 1 N–H and O–H groups in total. The van der Waals surface area contributed by atoms with Crippen molar-refractivity contribution in [3.63, 3.8) is 0 Å². The summed E-state index contributed by atoms with van der Waals surface area (Å²) >= 11 is 0. The van der Waals surface area contributed by atoms with Crippen LogP contribution < -0.4 is 0 Å². The van der Waals surface area contributed by atoms with Gasteiger partial charge in [-0.1, -0.05) is 19.9 Å². The average Bonchev–Trinajstić information content (AvgIpc) is 3.12. The summed E-state index contributed by atoms with van der Waals surface area (Å²) in [5, 5.41) is 11.2. The van der Waals surface area contributed by atoms with Crippen molar-refractivity contribution in [3.8, 4) is 0 Å². The van der Waals surface area contributed by atoms with Crippen molar-refractivity contribution in [1.29, 1.82) is 0 Å². The van der Waals surface area contributed by atoms with Gasteiger partial charge in [-0.3, -0.25) is 0 Å². The number of hydrogen-bond donors (Lipinski definition) is 1. The van der Waals surface area contributed by atoms with E-state index in [9.17, 15) is 5.11 Å². The Morgan fingerprint density at radius 1 is 1.00 bits per heavy atom. The molecule has 0 bridgehead atoms. The van der Waals surface area contributed by atoms with E-state index in [1.807, 2.05) is 0 Å². The van der Waals surface area contributed by atoms with E-state index in [-0.39, 0.29) is 22.7 Å². The first-order valence-electron chi connectivity index (χ1n) is 10.3. The Morgan fingerprint density at radius 2 is 1.76 bits per heavy atom. The van der Waals surface area contributed by atoms with Crippen molar-refractivity contribution in [1.82, 2.24) is 0 Å². The second kappa shape index (κ2) is 4.70. The zero-order valence-electron chi connectivity index (χ0n) is 15.4. The first-order chi connectivity index (χ1) is 12.0. The molecule has 2 aliphatic heterocycles. The zero-order chi connectivity index (χ0) is 17.0. The van der Waals surface area contributed by atoms with Crippen molar-refractivity contribution in [3.05, 3.63) is 11.6 Å². The molecule has 0 amide bonds. The Kier molecular flexibility index (Phi) is 2.94. The van der Waals surface area contributed by atoms with Gasteiger partial charge in [-0.2, -0.15) is 0 Å². The Hall–Kier alpha value is -0.420. The third-order valence-corrected chi connectivity index (χ3v) is 9.19. The van der Waals surface area contributed by atoms with Gasteiger partial charge in [0.2, 0.25) is 0 Å². The number of hydrogen-bond acceptors (Lipinski definition) is 4. The highest BCUT2D eigenvalue weighted by Crippen LogP contribution is 2.69. The van der Waals surface area contributed by atoms with Gasteiger partial charge < -0.3 is 19.3 Å². The smallest absolute Gasteiger partial charge is 0.174 e. The lowest BCUT2D eigenvalue weighted by Gasteiger charge is -2.59. The first-order valence-corrected chi connectivity index (χ1v) is 10.3. The Labute approximate surface area is 149 Å². The summed E-state index contributed by atoms with van der Waals surface area (Å²) in [5.41, 5.74) is 1.68. The maximum atomic E-state index is 11.2. The molecule has 3 saturated carbocycles. The van der Waals surface area contributed by atoms with E-state index >= 15 is 0 Å². The molecule has 5 fully saturated rings. The van der Waals surface area contributed by atoms with E-state index in [0.29, 0.717) is 30.0 Å². The summed E-state index contributed by atoms with van der Waals surface area (Å²) in [6.07, 6.45) is 9.45. The predicted octanol–water partition coefficient (Wildman–Crippen LogP) is 3.04. The lowest BCUT2D eigenvalue weighted by Crippen LogP contribution is -2.58. The monoisotopic (exact) mass is 346 g/mol. The summed E-state index contributed by atoms with van der Waals surface area (Å²) in [5.74, 6) is 1.02. The SMILES string of the molecule is CC12CCC3OC3C1=CC(O)C1C2CCC2(C)C1CCC21OCCO1. The number of epoxide rings is 1. The maximum absolute atomic E-state index is 11.2. The van der Waals surface area contributed by atoms with Gasteiger partial charge >= 0.3 is 0 Å². The van der Waals surface area contributed by atoms with E-state index < -0.39 is 0 Å². The van der Waals surface area contributed by atoms with Crippen LogP contribution in [0.1, 0.15) is 52.4 Å². The van der Waals surface area contributed by atoms with Gasteiger partial charge in [-0.05, 0) is 60.8 Å². The molecule has 138 valence electrons. The van der Waals surface area contributed by atoms with Gasteiger partial charge in [-0.25, -0.2) is 0 Å². The molecule has 4 aliphatic carbocycles. The topological polar surface area (TPSA) is 51.2 Å². The molecule has 4 nitrogen and oxygen atoms in total. The van der Waals surface area contributed by atoms with Crippen LogP contribution >= 0.6 is 0 Å². The molecule has 2 heterocycles. The molecule has 0 aromatic heterocycles. The molecule has 6 rings (SSSR count). The standard InChI is InChI=1S/C21H30O4/c1-19-6-5-16-18(25-16)14(19)11-15(22)17-12(19)3-7-20(2)13(17)4-8-21(20)23-9-10-24-21/h11-13,15-18,22H,3-10H2,1-2H3. The number of aliphatic hydroxyl groups excluding tert-OH is 1. The van der Waals surface area contributed by atoms with Gasteiger partial charge in [-0.15, -0.1) is 0 Å². The van der Waals surface area contributed by atoms with Gasteiger partial charge in [0.25, 0.3) is 0 Å². The van der Waals surface area contributed by atoms with Crippen LogP contribution in [0, 0.1) is 28.6 Å². The zero-order valence-corrected chi connectivity index (χ0v) is 15.4. The molecular weight excluding hydrogens is 316 g/mol.